The molecule has 1 heterocycles. The van der Waals surface area contributed by atoms with E-state index in [0.717, 1.165) is 36.6 Å². The summed E-state index contributed by atoms with van der Waals surface area (Å²) >= 11 is 3.41. The zero-order valence-corrected chi connectivity index (χ0v) is 21.4. The van der Waals surface area contributed by atoms with Crippen molar-refractivity contribution < 1.29 is 14.4 Å². The first kappa shape index (κ1) is 25.4. The van der Waals surface area contributed by atoms with Crippen molar-refractivity contribution in [2.75, 3.05) is 13.2 Å². The third-order valence-corrected chi connectivity index (χ3v) is 6.47. The molecule has 9 nitrogen and oxygen atoms in total. The van der Waals surface area contributed by atoms with Crippen molar-refractivity contribution in [1.82, 2.24) is 9.66 Å². The number of aromatic nitrogens is 2. The third-order valence-electron chi connectivity index (χ3n) is 5.98. The van der Waals surface area contributed by atoms with Crippen LogP contribution in [0.15, 0.2) is 44.7 Å². The molecule has 10 heteroatoms. The van der Waals surface area contributed by atoms with Gasteiger partial charge in [-0.1, -0.05) is 41.1 Å². The molecular formula is C26H25BrN4O5. The molecule has 0 spiro atoms. The minimum absolute atomic E-state index is 0.0470. The number of halogens is 1. The lowest BCUT2D eigenvalue weighted by Gasteiger charge is -2.22. The van der Waals surface area contributed by atoms with Gasteiger partial charge in [-0.15, -0.1) is 6.42 Å². The molecule has 1 saturated carbocycles. The number of nitro benzene ring substituents is 1. The van der Waals surface area contributed by atoms with Gasteiger partial charge < -0.3 is 9.47 Å². The van der Waals surface area contributed by atoms with E-state index in [2.05, 4.69) is 27.0 Å². The molecular weight excluding hydrogens is 528 g/mol. The predicted octanol–water partition coefficient (Wildman–Crippen LogP) is 5.41. The normalized spacial score (nSPS) is 14.1. The molecule has 0 radical (unpaired) electrons. The number of terminal acetylenes is 1. The molecule has 1 aromatic heterocycles. The van der Waals surface area contributed by atoms with Gasteiger partial charge in [-0.25, -0.2) is 4.98 Å². The molecule has 1 aliphatic rings. The number of ether oxygens (including phenoxy) is 2. The Labute approximate surface area is 216 Å². The average molecular weight is 553 g/mol. The van der Waals surface area contributed by atoms with Crippen LogP contribution in [-0.4, -0.2) is 34.0 Å². The van der Waals surface area contributed by atoms with Gasteiger partial charge in [0.1, 0.15) is 12.4 Å². The van der Waals surface area contributed by atoms with Crippen LogP contribution in [0.4, 0.5) is 5.69 Å². The molecule has 36 heavy (non-hydrogen) atoms. The average Bonchev–Trinajstić information content (AvgIpc) is 2.88. The Kier molecular flexibility index (Phi) is 8.00. The number of benzene rings is 2. The van der Waals surface area contributed by atoms with E-state index >= 15 is 0 Å². The summed E-state index contributed by atoms with van der Waals surface area (Å²) in [7, 11) is 0. The molecule has 186 valence electrons. The summed E-state index contributed by atoms with van der Waals surface area (Å²) in [6.45, 7) is 1.87. The number of hydrogen-bond acceptors (Lipinski definition) is 7. The molecule has 1 aliphatic carbocycles. The van der Waals surface area contributed by atoms with E-state index in [1.54, 1.807) is 19.1 Å². The number of hydrogen-bond donors (Lipinski definition) is 0. The van der Waals surface area contributed by atoms with E-state index in [-0.39, 0.29) is 41.9 Å². The van der Waals surface area contributed by atoms with Gasteiger partial charge >= 0.3 is 5.69 Å². The van der Waals surface area contributed by atoms with Gasteiger partial charge in [-0.3, -0.25) is 14.9 Å². The number of nitrogens with zero attached hydrogens (tertiary/aromatic N) is 4. The monoisotopic (exact) mass is 552 g/mol. The van der Waals surface area contributed by atoms with Crippen molar-refractivity contribution in [3.63, 3.8) is 0 Å². The minimum Gasteiger partial charge on any atom is -0.490 e. The molecule has 0 N–H and O–H groups in total. The summed E-state index contributed by atoms with van der Waals surface area (Å²) in [6, 6.07) is 8.27. The largest absolute Gasteiger partial charge is 0.490 e. The topological polar surface area (TPSA) is 109 Å². The highest BCUT2D eigenvalue weighted by Gasteiger charge is 2.24. The van der Waals surface area contributed by atoms with Gasteiger partial charge in [-0.05, 0) is 44.0 Å². The summed E-state index contributed by atoms with van der Waals surface area (Å²) < 4.78 is 13.1. The second-order valence-corrected chi connectivity index (χ2v) is 9.29. The van der Waals surface area contributed by atoms with Crippen molar-refractivity contribution in [2.24, 2.45) is 5.10 Å². The van der Waals surface area contributed by atoms with Gasteiger partial charge in [0, 0.05) is 22.0 Å². The zero-order chi connectivity index (χ0) is 25.7. The molecule has 0 bridgehead atoms. The highest BCUT2D eigenvalue weighted by Crippen LogP contribution is 2.38. The highest BCUT2D eigenvalue weighted by atomic mass is 79.9. The molecule has 1 fully saturated rings. The maximum absolute atomic E-state index is 13.5. The summed E-state index contributed by atoms with van der Waals surface area (Å²) in [4.78, 5) is 29.5. The first-order chi connectivity index (χ1) is 17.4. The lowest BCUT2D eigenvalue weighted by molar-refractivity contribution is -0.385. The second kappa shape index (κ2) is 11.4. The maximum Gasteiger partial charge on any atom is 0.315 e. The van der Waals surface area contributed by atoms with Crippen LogP contribution in [-0.2, 0) is 0 Å². The fourth-order valence-corrected chi connectivity index (χ4v) is 4.73. The zero-order valence-electron chi connectivity index (χ0n) is 19.8. The van der Waals surface area contributed by atoms with Crippen LogP contribution in [0.5, 0.6) is 11.5 Å². The van der Waals surface area contributed by atoms with Gasteiger partial charge in [0.2, 0.25) is 5.75 Å². The van der Waals surface area contributed by atoms with Gasteiger partial charge in [0.25, 0.3) is 5.56 Å². The number of rotatable bonds is 8. The van der Waals surface area contributed by atoms with Crippen LogP contribution in [0, 0.1) is 22.5 Å². The Bertz CT molecular complexity index is 1420. The van der Waals surface area contributed by atoms with Crippen molar-refractivity contribution in [3.05, 3.63) is 66.7 Å². The van der Waals surface area contributed by atoms with Crippen molar-refractivity contribution in [3.8, 4) is 23.8 Å². The fourth-order valence-electron chi connectivity index (χ4n) is 4.37. The Morgan fingerprint density at radius 3 is 2.75 bits per heavy atom. The smallest absolute Gasteiger partial charge is 0.315 e. The highest BCUT2D eigenvalue weighted by molar-refractivity contribution is 9.10. The molecule has 3 aromatic rings. The van der Waals surface area contributed by atoms with E-state index in [4.69, 9.17) is 20.9 Å². The molecule has 0 aliphatic heterocycles. The fraction of sp³-hybridized carbons (Fsp3) is 0.346. The molecule has 0 atom stereocenters. The third kappa shape index (κ3) is 5.41. The molecule has 2 aromatic carbocycles. The minimum atomic E-state index is -0.569. The van der Waals surface area contributed by atoms with E-state index in [1.165, 1.54) is 17.0 Å². The van der Waals surface area contributed by atoms with E-state index in [0.29, 0.717) is 22.3 Å². The van der Waals surface area contributed by atoms with Crippen molar-refractivity contribution >= 4 is 38.7 Å². The lowest BCUT2D eigenvalue weighted by Crippen LogP contribution is -2.25. The summed E-state index contributed by atoms with van der Waals surface area (Å²) in [5.74, 6) is 3.12. The summed E-state index contributed by atoms with van der Waals surface area (Å²) in [5.41, 5.74) is 0.373. The van der Waals surface area contributed by atoms with Crippen LogP contribution < -0.4 is 15.0 Å². The Morgan fingerprint density at radius 2 is 2.06 bits per heavy atom. The van der Waals surface area contributed by atoms with Crippen LogP contribution in [0.25, 0.3) is 10.9 Å². The number of fused-ring (bicyclic) bond motifs is 1. The van der Waals surface area contributed by atoms with Crippen LogP contribution >= 0.6 is 15.9 Å². The van der Waals surface area contributed by atoms with Crippen LogP contribution in [0.3, 0.4) is 0 Å². The molecule has 4 rings (SSSR count). The standard InChI is InChI=1S/C26H25BrN4O5/c1-3-12-36-24-22(31(33)34)13-17(14-23(24)35-4-2)16-28-30-25(18-8-6-5-7-9-18)29-21-11-10-19(27)15-20(21)26(30)32/h1,10-11,13-16,18H,4-9,12H2,2H3. The van der Waals surface area contributed by atoms with Gasteiger partial charge in [-0.2, -0.15) is 9.78 Å². The molecule has 0 amide bonds. The quantitative estimate of drug-likeness (QED) is 0.160. The second-order valence-electron chi connectivity index (χ2n) is 8.38. The maximum atomic E-state index is 13.5. The Balaban J connectivity index is 1.85. The van der Waals surface area contributed by atoms with Gasteiger partial charge in [0.15, 0.2) is 5.75 Å². The lowest BCUT2D eigenvalue weighted by atomic mass is 9.88. The van der Waals surface area contributed by atoms with Crippen molar-refractivity contribution in [1.29, 1.82) is 0 Å². The number of nitro groups is 1. The Morgan fingerprint density at radius 1 is 1.28 bits per heavy atom. The molecule has 0 saturated heterocycles. The van der Waals surface area contributed by atoms with E-state index < -0.39 is 4.92 Å². The van der Waals surface area contributed by atoms with Crippen molar-refractivity contribution in [2.45, 2.75) is 44.9 Å². The summed E-state index contributed by atoms with van der Waals surface area (Å²) in [6.07, 6.45) is 11.8. The predicted molar refractivity (Wildman–Crippen MR) is 141 cm³/mol. The first-order valence-electron chi connectivity index (χ1n) is 11.7. The van der Waals surface area contributed by atoms with Gasteiger partial charge in [0.05, 0.1) is 28.6 Å². The summed E-state index contributed by atoms with van der Waals surface area (Å²) in [5, 5.41) is 16.7. The van der Waals surface area contributed by atoms with E-state index in [1.807, 2.05) is 12.1 Å². The first-order valence-corrected chi connectivity index (χ1v) is 12.5. The molecule has 0 unspecified atom stereocenters. The van der Waals surface area contributed by atoms with Crippen LogP contribution in [0.1, 0.15) is 56.3 Å². The van der Waals surface area contributed by atoms with E-state index in [9.17, 15) is 14.9 Å². The Hall–Kier alpha value is -3.71. The SMILES string of the molecule is C#CCOc1c(OCC)cc(C=Nn2c(C3CCCCC3)nc3ccc(Br)cc3c2=O)cc1[N+](=O)[O-]. The van der Waals surface area contributed by atoms with Crippen LogP contribution in [0.2, 0.25) is 0 Å².